The number of hydrogen-bond donors (Lipinski definition) is 1. The molecule has 0 aliphatic carbocycles. The van der Waals surface area contributed by atoms with Gasteiger partial charge in [-0.05, 0) is 6.42 Å². The first-order chi connectivity index (χ1) is 5.54. The maximum atomic E-state index is 11.1. The minimum absolute atomic E-state index is 0.546. The number of rotatable bonds is 3. The van der Waals surface area contributed by atoms with Crippen LogP contribution in [0.2, 0.25) is 0 Å². The van der Waals surface area contributed by atoms with Crippen LogP contribution in [0.25, 0.3) is 0 Å². The van der Waals surface area contributed by atoms with Gasteiger partial charge in [-0.2, -0.15) is 0 Å². The highest BCUT2D eigenvalue weighted by Crippen LogP contribution is 2.16. The van der Waals surface area contributed by atoms with Crippen molar-refractivity contribution < 1.29 is 13.7 Å². The van der Waals surface area contributed by atoms with Gasteiger partial charge in [0.15, 0.2) is 0 Å². The van der Waals surface area contributed by atoms with Crippen molar-refractivity contribution in [1.29, 1.82) is 0 Å². The molecule has 1 aliphatic rings. The SMILES string of the molecule is C[NH2+]CC1CCN(S(C)(=O)=O)C1. The van der Waals surface area contributed by atoms with E-state index in [4.69, 9.17) is 0 Å². The van der Waals surface area contributed by atoms with Gasteiger partial charge in [-0.15, -0.1) is 0 Å². The summed E-state index contributed by atoms with van der Waals surface area (Å²) in [5, 5.41) is 2.11. The lowest BCUT2D eigenvalue weighted by Gasteiger charge is -2.11. The highest BCUT2D eigenvalue weighted by atomic mass is 32.2. The van der Waals surface area contributed by atoms with Crippen molar-refractivity contribution in [2.75, 3.05) is 32.9 Å². The molecule has 0 aromatic rings. The van der Waals surface area contributed by atoms with Gasteiger partial charge >= 0.3 is 0 Å². The van der Waals surface area contributed by atoms with E-state index in [1.54, 1.807) is 4.31 Å². The van der Waals surface area contributed by atoms with E-state index in [9.17, 15) is 8.42 Å². The van der Waals surface area contributed by atoms with Crippen molar-refractivity contribution in [3.63, 3.8) is 0 Å². The predicted molar refractivity (Wildman–Crippen MR) is 47.2 cm³/mol. The zero-order valence-corrected chi connectivity index (χ0v) is 8.47. The largest absolute Gasteiger partial charge is 0.348 e. The summed E-state index contributed by atoms with van der Waals surface area (Å²) >= 11 is 0. The lowest BCUT2D eigenvalue weighted by atomic mass is 10.1. The molecule has 0 aromatic carbocycles. The van der Waals surface area contributed by atoms with Crippen LogP contribution >= 0.6 is 0 Å². The fourth-order valence-electron chi connectivity index (χ4n) is 1.62. The van der Waals surface area contributed by atoms with Crippen molar-refractivity contribution >= 4 is 10.0 Å². The van der Waals surface area contributed by atoms with Crippen molar-refractivity contribution in [3.05, 3.63) is 0 Å². The first-order valence-electron chi connectivity index (χ1n) is 4.27. The summed E-state index contributed by atoms with van der Waals surface area (Å²) in [6.45, 7) is 2.45. The summed E-state index contributed by atoms with van der Waals surface area (Å²) in [7, 11) is -0.917. The average Bonchev–Trinajstić information content (AvgIpc) is 2.35. The zero-order valence-electron chi connectivity index (χ0n) is 7.66. The van der Waals surface area contributed by atoms with E-state index in [-0.39, 0.29) is 0 Å². The van der Waals surface area contributed by atoms with Crippen LogP contribution in [0.4, 0.5) is 0 Å². The van der Waals surface area contributed by atoms with E-state index in [2.05, 4.69) is 5.32 Å². The van der Waals surface area contributed by atoms with Crippen molar-refractivity contribution in [2.24, 2.45) is 5.92 Å². The summed E-state index contributed by atoms with van der Waals surface area (Å²) in [5.41, 5.74) is 0. The molecule has 1 heterocycles. The second-order valence-corrected chi connectivity index (χ2v) is 5.40. The van der Waals surface area contributed by atoms with Gasteiger partial charge in [0.1, 0.15) is 0 Å². The molecule has 1 aliphatic heterocycles. The number of nitrogens with two attached hydrogens (primary N) is 1. The summed E-state index contributed by atoms with van der Waals surface area (Å²) in [6, 6.07) is 0. The predicted octanol–water partition coefficient (Wildman–Crippen LogP) is -1.54. The molecule has 1 unspecified atom stereocenters. The fourth-order valence-corrected chi connectivity index (χ4v) is 2.54. The topological polar surface area (TPSA) is 54.0 Å². The van der Waals surface area contributed by atoms with Crippen molar-refractivity contribution in [1.82, 2.24) is 4.31 Å². The highest BCUT2D eigenvalue weighted by molar-refractivity contribution is 7.88. The summed E-state index contributed by atoms with van der Waals surface area (Å²) in [6.07, 6.45) is 2.29. The van der Waals surface area contributed by atoms with Gasteiger partial charge in [-0.1, -0.05) is 0 Å². The van der Waals surface area contributed by atoms with Gasteiger partial charge in [0.25, 0.3) is 0 Å². The quantitative estimate of drug-likeness (QED) is 0.591. The second-order valence-electron chi connectivity index (χ2n) is 3.42. The Morgan fingerprint density at radius 1 is 1.58 bits per heavy atom. The van der Waals surface area contributed by atoms with Crippen LogP contribution in [0.1, 0.15) is 6.42 Å². The third-order valence-electron chi connectivity index (χ3n) is 2.29. The molecule has 0 saturated carbocycles. The maximum Gasteiger partial charge on any atom is 0.211 e. The van der Waals surface area contributed by atoms with E-state index in [1.807, 2.05) is 7.05 Å². The monoisotopic (exact) mass is 193 g/mol. The molecule has 1 fully saturated rings. The molecule has 0 spiro atoms. The number of nitrogens with zero attached hydrogens (tertiary/aromatic N) is 1. The lowest BCUT2D eigenvalue weighted by molar-refractivity contribution is -0.632. The standard InChI is InChI=1S/C7H16N2O2S/c1-8-5-7-3-4-9(6-7)12(2,10)11/h7-8H,3-6H2,1-2H3/p+1. The number of sulfonamides is 1. The molecule has 0 radical (unpaired) electrons. The first kappa shape index (κ1) is 9.95. The number of hydrogen-bond acceptors (Lipinski definition) is 2. The molecule has 12 heavy (non-hydrogen) atoms. The van der Waals surface area contributed by atoms with Crippen LogP contribution in [0.15, 0.2) is 0 Å². The Hall–Kier alpha value is -0.130. The van der Waals surface area contributed by atoms with Gasteiger partial charge in [0.05, 0.1) is 19.8 Å². The van der Waals surface area contributed by atoms with Crippen LogP contribution in [-0.2, 0) is 10.0 Å². The molecule has 0 amide bonds. The maximum absolute atomic E-state index is 11.1. The molecule has 1 rings (SSSR count). The van der Waals surface area contributed by atoms with Gasteiger partial charge in [0, 0.05) is 19.0 Å². The summed E-state index contributed by atoms with van der Waals surface area (Å²) in [5.74, 6) is 0.546. The van der Waals surface area contributed by atoms with Gasteiger partial charge in [-0.25, -0.2) is 12.7 Å². The van der Waals surface area contributed by atoms with Crippen LogP contribution in [0.3, 0.4) is 0 Å². The molecule has 72 valence electrons. The van der Waals surface area contributed by atoms with E-state index in [0.29, 0.717) is 19.0 Å². The molecular formula is C7H17N2O2S+. The Morgan fingerprint density at radius 3 is 2.67 bits per heavy atom. The second kappa shape index (κ2) is 3.72. The van der Waals surface area contributed by atoms with Crippen LogP contribution in [0.5, 0.6) is 0 Å². The molecular weight excluding hydrogens is 176 g/mol. The molecule has 5 heteroatoms. The van der Waals surface area contributed by atoms with Crippen molar-refractivity contribution in [3.8, 4) is 0 Å². The Morgan fingerprint density at radius 2 is 2.25 bits per heavy atom. The first-order valence-corrected chi connectivity index (χ1v) is 6.12. The van der Waals surface area contributed by atoms with E-state index >= 15 is 0 Å². The van der Waals surface area contributed by atoms with E-state index in [1.165, 1.54) is 6.26 Å². The van der Waals surface area contributed by atoms with Crippen LogP contribution in [-0.4, -0.2) is 45.7 Å². The van der Waals surface area contributed by atoms with Crippen LogP contribution in [0, 0.1) is 5.92 Å². The smallest absolute Gasteiger partial charge is 0.211 e. The van der Waals surface area contributed by atoms with Gasteiger partial charge in [-0.3, -0.25) is 0 Å². The minimum Gasteiger partial charge on any atom is -0.348 e. The normalized spacial score (nSPS) is 26.3. The Balaban J connectivity index is 2.46. The van der Waals surface area contributed by atoms with Gasteiger partial charge < -0.3 is 5.32 Å². The Labute approximate surface area is 74.0 Å². The summed E-state index contributed by atoms with van der Waals surface area (Å²) in [4.78, 5) is 0. The third kappa shape index (κ3) is 2.43. The molecule has 2 N–H and O–H groups in total. The van der Waals surface area contributed by atoms with Crippen molar-refractivity contribution in [2.45, 2.75) is 6.42 Å². The number of quaternary nitrogens is 1. The Bertz CT molecular complexity index is 238. The van der Waals surface area contributed by atoms with E-state index < -0.39 is 10.0 Å². The fraction of sp³-hybridized carbons (Fsp3) is 1.00. The Kier molecular flexibility index (Phi) is 3.09. The highest BCUT2D eigenvalue weighted by Gasteiger charge is 2.28. The van der Waals surface area contributed by atoms with E-state index in [0.717, 1.165) is 13.0 Å². The average molecular weight is 193 g/mol. The van der Waals surface area contributed by atoms with Crippen LogP contribution < -0.4 is 5.32 Å². The molecule has 0 aromatic heterocycles. The third-order valence-corrected chi connectivity index (χ3v) is 3.56. The molecule has 1 atom stereocenters. The molecule has 0 bridgehead atoms. The molecule has 4 nitrogen and oxygen atoms in total. The van der Waals surface area contributed by atoms with Gasteiger partial charge in [0.2, 0.25) is 10.0 Å². The summed E-state index contributed by atoms with van der Waals surface area (Å²) < 4.78 is 23.8. The lowest BCUT2D eigenvalue weighted by Crippen LogP contribution is -2.81. The minimum atomic E-state index is -2.93. The zero-order chi connectivity index (χ0) is 9.19. The molecule has 1 saturated heterocycles.